The summed E-state index contributed by atoms with van der Waals surface area (Å²) < 4.78 is 10.3. The minimum Gasteiger partial charge on any atom is -0.467 e. The molecule has 0 radical (unpaired) electrons. The van der Waals surface area contributed by atoms with Gasteiger partial charge in [-0.25, -0.2) is 9.59 Å². The van der Waals surface area contributed by atoms with Crippen LogP contribution in [0.25, 0.3) is 22.0 Å². The summed E-state index contributed by atoms with van der Waals surface area (Å²) in [6.07, 6.45) is 0.921. The Labute approximate surface area is 254 Å². The van der Waals surface area contributed by atoms with Crippen LogP contribution in [0.2, 0.25) is 0 Å². The molecule has 0 saturated carbocycles. The van der Waals surface area contributed by atoms with Crippen LogP contribution in [0.1, 0.15) is 40.0 Å². The summed E-state index contributed by atoms with van der Waals surface area (Å²) in [6.45, 7) is 6.76. The standard InChI is InChI=1S/C15H10BrNO.C12H20N2O6.C4H10/c16-12-6-3-5-10(8-12)13-9-11-4-1-2-7-14(11)17-15(13)18;1-19-11(17)9-4-2-5-14(9)10(16)8-13-12(18)20-7-3-6-15;1-4(2)3/h1-9H,(H,17,18);9,15H,2-8H2,1H3,(H,13,18);4H,1-3H3. The number of likely N-dealkylation sites (tertiary alicyclic amines) is 1. The number of aromatic amines is 1. The molecule has 1 aliphatic rings. The number of nitrogens with one attached hydrogen (secondary N) is 2. The quantitative estimate of drug-likeness (QED) is 0.246. The Morgan fingerprint density at radius 3 is 2.50 bits per heavy atom. The van der Waals surface area contributed by atoms with Crippen molar-refractivity contribution < 1.29 is 29.0 Å². The Hall–Kier alpha value is -3.70. The van der Waals surface area contributed by atoms with Crippen LogP contribution in [-0.2, 0) is 19.1 Å². The second-order valence-corrected chi connectivity index (χ2v) is 11.1. The van der Waals surface area contributed by atoms with Crippen LogP contribution in [0.15, 0.2) is 63.9 Å². The molecule has 1 aliphatic heterocycles. The van der Waals surface area contributed by atoms with E-state index in [1.165, 1.54) is 12.0 Å². The first-order chi connectivity index (χ1) is 20.1. The molecular weight excluding hydrogens is 606 g/mol. The molecule has 0 aliphatic carbocycles. The lowest BCUT2D eigenvalue weighted by Gasteiger charge is -2.22. The van der Waals surface area contributed by atoms with Crippen LogP contribution in [0.5, 0.6) is 0 Å². The molecule has 1 atom stereocenters. The number of carbonyl (C=O) groups excluding carboxylic acids is 3. The second-order valence-electron chi connectivity index (χ2n) is 10.2. The lowest BCUT2D eigenvalue weighted by atomic mass is 10.1. The molecule has 1 aromatic heterocycles. The molecule has 11 heteroatoms. The van der Waals surface area contributed by atoms with E-state index in [0.29, 0.717) is 24.9 Å². The second kappa shape index (κ2) is 18.0. The first-order valence-electron chi connectivity index (χ1n) is 13.8. The largest absolute Gasteiger partial charge is 0.467 e. The highest BCUT2D eigenvalue weighted by molar-refractivity contribution is 9.10. The van der Waals surface area contributed by atoms with E-state index in [1.807, 2.05) is 54.6 Å². The minimum atomic E-state index is -0.722. The molecule has 3 N–H and O–H groups in total. The summed E-state index contributed by atoms with van der Waals surface area (Å²) in [7, 11) is 1.28. The van der Waals surface area contributed by atoms with Crippen LogP contribution in [0.3, 0.4) is 0 Å². The van der Waals surface area contributed by atoms with E-state index in [4.69, 9.17) is 9.84 Å². The molecule has 2 aromatic carbocycles. The van der Waals surface area contributed by atoms with Crippen molar-refractivity contribution >= 4 is 44.8 Å². The zero-order chi connectivity index (χ0) is 31.1. The number of aromatic nitrogens is 1. The number of hydrogen-bond acceptors (Lipinski definition) is 7. The molecular formula is C31H40BrN3O7. The fourth-order valence-electron chi connectivity index (χ4n) is 3.99. The summed E-state index contributed by atoms with van der Waals surface area (Å²) in [5.41, 5.74) is 2.40. The monoisotopic (exact) mass is 645 g/mol. The van der Waals surface area contributed by atoms with Gasteiger partial charge in [-0.1, -0.05) is 67.0 Å². The van der Waals surface area contributed by atoms with Gasteiger partial charge >= 0.3 is 12.1 Å². The van der Waals surface area contributed by atoms with Crippen molar-refractivity contribution in [3.05, 3.63) is 69.4 Å². The predicted octanol–water partition coefficient (Wildman–Crippen LogP) is 4.88. The lowest BCUT2D eigenvalue weighted by molar-refractivity contribution is -0.150. The molecule has 4 rings (SSSR count). The third-order valence-corrected chi connectivity index (χ3v) is 6.35. The first-order valence-corrected chi connectivity index (χ1v) is 14.6. The third-order valence-electron chi connectivity index (χ3n) is 5.86. The highest BCUT2D eigenvalue weighted by Gasteiger charge is 2.34. The number of methoxy groups -OCH3 is 1. The van der Waals surface area contributed by atoms with Crippen LogP contribution in [0.4, 0.5) is 4.79 Å². The first kappa shape index (κ1) is 34.5. The van der Waals surface area contributed by atoms with Gasteiger partial charge in [0, 0.05) is 35.1 Å². The maximum Gasteiger partial charge on any atom is 0.407 e. The van der Waals surface area contributed by atoms with Crippen molar-refractivity contribution in [3.8, 4) is 11.1 Å². The summed E-state index contributed by atoms with van der Waals surface area (Å²) >= 11 is 3.42. The minimum absolute atomic E-state index is 0.0631. The van der Waals surface area contributed by atoms with Crippen LogP contribution in [0, 0.1) is 5.92 Å². The van der Waals surface area contributed by atoms with Gasteiger partial charge in [-0.2, -0.15) is 0 Å². The van der Waals surface area contributed by atoms with Crippen molar-refractivity contribution in [3.63, 3.8) is 0 Å². The molecule has 42 heavy (non-hydrogen) atoms. The van der Waals surface area contributed by atoms with Crippen molar-refractivity contribution in [2.24, 2.45) is 5.92 Å². The molecule has 0 bridgehead atoms. The number of para-hydroxylation sites is 1. The van der Waals surface area contributed by atoms with Gasteiger partial charge < -0.3 is 29.8 Å². The van der Waals surface area contributed by atoms with E-state index in [1.54, 1.807) is 0 Å². The molecule has 228 valence electrons. The molecule has 1 saturated heterocycles. The number of aliphatic hydroxyl groups is 1. The smallest absolute Gasteiger partial charge is 0.407 e. The van der Waals surface area contributed by atoms with Crippen molar-refractivity contribution in [2.45, 2.75) is 46.1 Å². The van der Waals surface area contributed by atoms with E-state index < -0.39 is 18.1 Å². The maximum absolute atomic E-state index is 12.1. The normalized spacial score (nSPS) is 13.9. The molecule has 10 nitrogen and oxygen atoms in total. The fraction of sp³-hybridized carbons (Fsp3) is 0.419. The SMILES string of the molecule is CC(C)C.COC(=O)C1CCCN1C(=O)CNC(=O)OCCCO.O=c1[nH]c2ccccc2cc1-c1cccc(Br)c1. The van der Waals surface area contributed by atoms with E-state index in [2.05, 4.69) is 51.7 Å². The van der Waals surface area contributed by atoms with E-state index in [-0.39, 0.29) is 31.2 Å². The number of benzene rings is 2. The highest BCUT2D eigenvalue weighted by atomic mass is 79.9. The molecule has 1 unspecified atom stereocenters. The zero-order valence-electron chi connectivity index (χ0n) is 24.5. The number of amides is 2. The predicted molar refractivity (Wildman–Crippen MR) is 166 cm³/mol. The Kier molecular flexibility index (Phi) is 14.8. The number of aliphatic hydroxyl groups excluding tert-OH is 1. The highest BCUT2D eigenvalue weighted by Crippen LogP contribution is 2.22. The molecule has 2 amide bonds. The summed E-state index contributed by atoms with van der Waals surface area (Å²) in [5, 5.41) is 11.9. The number of esters is 1. The molecule has 1 fully saturated rings. The Bertz CT molecular complexity index is 1370. The number of H-pyrrole nitrogens is 1. The number of pyridine rings is 1. The average Bonchev–Trinajstić information content (AvgIpc) is 3.46. The van der Waals surface area contributed by atoms with E-state index in [0.717, 1.165) is 33.3 Å². The van der Waals surface area contributed by atoms with Gasteiger partial charge in [-0.15, -0.1) is 0 Å². The van der Waals surface area contributed by atoms with Gasteiger partial charge in [0.15, 0.2) is 0 Å². The molecule has 2 heterocycles. The van der Waals surface area contributed by atoms with E-state index in [9.17, 15) is 19.2 Å². The topological polar surface area (TPSA) is 138 Å². The summed E-state index contributed by atoms with van der Waals surface area (Å²) in [6, 6.07) is 16.9. The maximum atomic E-state index is 12.1. The number of hydrogen-bond donors (Lipinski definition) is 3. The van der Waals surface area contributed by atoms with Crippen molar-refractivity contribution in [2.75, 3.05) is 33.4 Å². The number of carbonyl (C=O) groups is 3. The van der Waals surface area contributed by atoms with E-state index >= 15 is 0 Å². The van der Waals surface area contributed by atoms with Crippen molar-refractivity contribution in [1.29, 1.82) is 0 Å². The number of rotatable bonds is 7. The third kappa shape index (κ3) is 11.3. The van der Waals surface area contributed by atoms with Crippen LogP contribution < -0.4 is 10.9 Å². The molecule has 0 spiro atoms. The Balaban J connectivity index is 0.000000261. The summed E-state index contributed by atoms with van der Waals surface area (Å²) in [5.74, 6) is 0.0402. The zero-order valence-corrected chi connectivity index (χ0v) is 26.1. The number of ether oxygens (including phenoxy) is 2. The number of nitrogens with zero attached hydrogens (tertiary/aromatic N) is 1. The lowest BCUT2D eigenvalue weighted by Crippen LogP contribution is -2.46. The van der Waals surface area contributed by atoms with Crippen molar-refractivity contribution in [1.82, 2.24) is 15.2 Å². The van der Waals surface area contributed by atoms with Gasteiger partial charge in [0.05, 0.1) is 13.7 Å². The average molecular weight is 647 g/mol. The Morgan fingerprint density at radius 1 is 1.12 bits per heavy atom. The van der Waals surface area contributed by atoms with Gasteiger partial charge in [-0.3, -0.25) is 9.59 Å². The number of halogens is 1. The number of fused-ring (bicyclic) bond motifs is 1. The summed E-state index contributed by atoms with van der Waals surface area (Å²) in [4.78, 5) is 51.0. The Morgan fingerprint density at radius 2 is 1.83 bits per heavy atom. The number of alkyl carbamates (subject to hydrolysis) is 1. The van der Waals surface area contributed by atoms with Gasteiger partial charge in [0.2, 0.25) is 5.91 Å². The van der Waals surface area contributed by atoms with Crippen LogP contribution >= 0.6 is 15.9 Å². The van der Waals surface area contributed by atoms with Gasteiger partial charge in [0.1, 0.15) is 12.6 Å². The van der Waals surface area contributed by atoms with Gasteiger partial charge in [-0.05, 0) is 54.0 Å². The van der Waals surface area contributed by atoms with Crippen LogP contribution in [-0.4, -0.2) is 72.4 Å². The fourth-order valence-corrected chi connectivity index (χ4v) is 4.39. The van der Waals surface area contributed by atoms with Gasteiger partial charge in [0.25, 0.3) is 5.56 Å². The molecule has 3 aromatic rings.